The Bertz CT molecular complexity index is 1340. The number of hydrogen-bond donors (Lipinski definition) is 0. The number of Topliss-reactive ketones (excluding diaryl/α,β-unsaturated/α-hetero) is 1. The second-order valence-corrected chi connectivity index (χ2v) is 9.46. The first-order valence-electron chi connectivity index (χ1n) is 10.3. The minimum absolute atomic E-state index is 0.0175. The number of carbonyl (C=O) groups is 1. The number of carbonyl (C=O) groups excluding carboxylic acids is 1. The van der Waals surface area contributed by atoms with Gasteiger partial charge in [-0.25, -0.2) is 9.97 Å². The molecule has 0 bridgehead atoms. The maximum Gasteiger partial charge on any atom is 0.272 e. The van der Waals surface area contributed by atoms with Gasteiger partial charge in [-0.3, -0.25) is 14.2 Å². The zero-order chi connectivity index (χ0) is 22.1. The molecule has 1 aliphatic heterocycles. The molecular weight excluding hydrogens is 446 g/mol. The molecule has 4 heterocycles. The van der Waals surface area contributed by atoms with Crippen LogP contribution in [-0.4, -0.2) is 45.9 Å². The Morgan fingerprint density at radius 3 is 2.91 bits per heavy atom. The molecule has 0 radical (unpaired) electrons. The molecule has 32 heavy (non-hydrogen) atoms. The highest BCUT2D eigenvalue weighted by molar-refractivity contribution is 7.99. The summed E-state index contributed by atoms with van der Waals surface area (Å²) in [5.74, 6) is 0.841. The first-order valence-corrected chi connectivity index (χ1v) is 12.1. The van der Waals surface area contributed by atoms with Crippen LogP contribution in [0.1, 0.15) is 23.2 Å². The van der Waals surface area contributed by atoms with Crippen LogP contribution < -0.4 is 10.3 Å². The predicted octanol–water partition coefficient (Wildman–Crippen LogP) is 4.17. The number of thiophene rings is 1. The summed E-state index contributed by atoms with van der Waals surface area (Å²) < 4.78 is 13.2. The average Bonchev–Trinajstić information content (AvgIpc) is 3.47. The molecule has 0 saturated carbocycles. The van der Waals surface area contributed by atoms with Crippen LogP contribution in [0.25, 0.3) is 20.4 Å². The molecule has 1 atom stereocenters. The Morgan fingerprint density at radius 2 is 2.16 bits per heavy atom. The van der Waals surface area contributed by atoms with E-state index in [0.29, 0.717) is 39.8 Å². The molecule has 164 valence electrons. The molecule has 0 aliphatic carbocycles. The maximum atomic E-state index is 13.4. The molecule has 9 heteroatoms. The highest BCUT2D eigenvalue weighted by Crippen LogP contribution is 2.31. The molecule has 3 aromatic heterocycles. The van der Waals surface area contributed by atoms with Crippen molar-refractivity contribution >= 4 is 49.3 Å². The summed E-state index contributed by atoms with van der Waals surface area (Å²) in [6, 6.07) is 10.8. The molecule has 0 spiro atoms. The zero-order valence-corrected chi connectivity index (χ0v) is 19.1. The SMILES string of the molecule is COc1ccc(C(=O)CSc2nc3c(sc4ncccc43)c(=O)n2CC2CCCO2)cc1. The lowest BCUT2D eigenvalue weighted by atomic mass is 10.1. The van der Waals surface area contributed by atoms with Gasteiger partial charge in [0.2, 0.25) is 0 Å². The molecule has 4 aromatic rings. The lowest BCUT2D eigenvalue weighted by Gasteiger charge is -2.15. The van der Waals surface area contributed by atoms with Crippen LogP contribution in [0.3, 0.4) is 0 Å². The molecule has 1 fully saturated rings. The summed E-state index contributed by atoms with van der Waals surface area (Å²) in [4.78, 5) is 36.2. The molecule has 1 aromatic carbocycles. The quantitative estimate of drug-likeness (QED) is 0.229. The molecule has 5 rings (SSSR count). The standard InChI is InChI=1S/C23H21N3O4S2/c1-29-15-8-6-14(7-9-15)18(27)13-31-23-25-19-17-5-2-10-24-21(17)32-20(19)22(28)26(23)12-16-4-3-11-30-16/h2,5-10,16H,3-4,11-13H2,1H3. The van der Waals surface area contributed by atoms with Gasteiger partial charge in [-0.2, -0.15) is 0 Å². The van der Waals surface area contributed by atoms with Crippen molar-refractivity contribution in [1.82, 2.24) is 14.5 Å². The van der Waals surface area contributed by atoms with E-state index in [9.17, 15) is 9.59 Å². The molecule has 7 nitrogen and oxygen atoms in total. The number of benzene rings is 1. The van der Waals surface area contributed by atoms with Gasteiger partial charge in [0.1, 0.15) is 15.3 Å². The minimum atomic E-state index is -0.104. The third-order valence-corrected chi connectivity index (χ3v) is 7.54. The Kier molecular flexibility index (Phi) is 5.95. The number of aromatic nitrogens is 3. The van der Waals surface area contributed by atoms with Crippen molar-refractivity contribution in [2.75, 3.05) is 19.5 Å². The van der Waals surface area contributed by atoms with Crippen molar-refractivity contribution in [3.63, 3.8) is 0 Å². The molecule has 1 aliphatic rings. The van der Waals surface area contributed by atoms with Gasteiger partial charge >= 0.3 is 0 Å². The zero-order valence-electron chi connectivity index (χ0n) is 17.4. The molecule has 0 N–H and O–H groups in total. The second kappa shape index (κ2) is 9.01. The Morgan fingerprint density at radius 1 is 1.31 bits per heavy atom. The van der Waals surface area contributed by atoms with Crippen molar-refractivity contribution in [2.45, 2.75) is 30.6 Å². The van der Waals surface area contributed by atoms with Gasteiger partial charge in [0.05, 0.1) is 31.0 Å². The Balaban J connectivity index is 1.50. The molecule has 0 amide bonds. The number of ketones is 1. The van der Waals surface area contributed by atoms with Gasteiger partial charge in [0.25, 0.3) is 5.56 Å². The number of ether oxygens (including phenoxy) is 2. The summed E-state index contributed by atoms with van der Waals surface area (Å²) in [6.45, 7) is 1.14. The topological polar surface area (TPSA) is 83.3 Å². The summed E-state index contributed by atoms with van der Waals surface area (Å²) in [6.07, 6.45) is 3.59. The van der Waals surface area contributed by atoms with Crippen LogP contribution in [0.4, 0.5) is 0 Å². The van der Waals surface area contributed by atoms with E-state index in [1.807, 2.05) is 12.1 Å². The normalized spacial score (nSPS) is 16.1. The van der Waals surface area contributed by atoms with Gasteiger partial charge in [0.15, 0.2) is 10.9 Å². The van der Waals surface area contributed by atoms with Crippen molar-refractivity contribution < 1.29 is 14.3 Å². The third kappa shape index (κ3) is 4.03. The number of nitrogens with zero attached hydrogens (tertiary/aromatic N) is 3. The fourth-order valence-corrected chi connectivity index (χ4v) is 5.72. The Labute approximate surface area is 192 Å². The van der Waals surface area contributed by atoms with Crippen LogP contribution >= 0.6 is 23.1 Å². The van der Waals surface area contributed by atoms with Gasteiger partial charge in [-0.05, 0) is 49.2 Å². The molecule has 1 unspecified atom stereocenters. The number of thioether (sulfide) groups is 1. The van der Waals surface area contributed by atoms with Crippen molar-refractivity contribution in [1.29, 1.82) is 0 Å². The highest BCUT2D eigenvalue weighted by atomic mass is 32.2. The number of pyridine rings is 1. The smallest absolute Gasteiger partial charge is 0.272 e. The van der Waals surface area contributed by atoms with Gasteiger partial charge < -0.3 is 9.47 Å². The lowest BCUT2D eigenvalue weighted by molar-refractivity contribution is 0.0938. The highest BCUT2D eigenvalue weighted by Gasteiger charge is 2.22. The fraction of sp³-hybridized carbons (Fsp3) is 0.304. The first kappa shape index (κ1) is 21.1. The number of hydrogen-bond acceptors (Lipinski definition) is 8. The van der Waals surface area contributed by atoms with Crippen LogP contribution in [0.2, 0.25) is 0 Å². The van der Waals surface area contributed by atoms with Crippen LogP contribution in [-0.2, 0) is 11.3 Å². The van der Waals surface area contributed by atoms with Crippen LogP contribution in [0, 0.1) is 0 Å². The van der Waals surface area contributed by atoms with E-state index in [1.165, 1.54) is 23.1 Å². The average molecular weight is 468 g/mol. The lowest BCUT2D eigenvalue weighted by Crippen LogP contribution is -2.28. The second-order valence-electron chi connectivity index (χ2n) is 7.52. The summed E-state index contributed by atoms with van der Waals surface area (Å²) in [5, 5.41) is 1.39. The maximum absolute atomic E-state index is 13.4. The van der Waals surface area contributed by atoms with E-state index in [1.54, 1.807) is 42.1 Å². The van der Waals surface area contributed by atoms with Crippen LogP contribution in [0.5, 0.6) is 5.75 Å². The number of rotatable bonds is 7. The van der Waals surface area contributed by atoms with Gasteiger partial charge in [0, 0.05) is 23.8 Å². The third-order valence-electron chi connectivity index (χ3n) is 5.47. The van der Waals surface area contributed by atoms with E-state index in [2.05, 4.69) is 4.98 Å². The summed E-state index contributed by atoms with van der Waals surface area (Å²) in [7, 11) is 1.59. The van der Waals surface area contributed by atoms with Crippen molar-refractivity contribution in [3.8, 4) is 5.75 Å². The fourth-order valence-electron chi connectivity index (χ4n) is 3.79. The first-order chi connectivity index (χ1) is 15.6. The molecular formula is C23H21N3O4S2. The molecule has 1 saturated heterocycles. The van der Waals surface area contributed by atoms with E-state index in [-0.39, 0.29) is 23.2 Å². The van der Waals surface area contributed by atoms with E-state index >= 15 is 0 Å². The van der Waals surface area contributed by atoms with Crippen molar-refractivity contribution in [2.24, 2.45) is 0 Å². The van der Waals surface area contributed by atoms with Crippen molar-refractivity contribution in [3.05, 3.63) is 58.5 Å². The van der Waals surface area contributed by atoms with E-state index < -0.39 is 0 Å². The number of fused-ring (bicyclic) bond motifs is 3. The summed E-state index contributed by atoms with van der Waals surface area (Å²) in [5.41, 5.74) is 1.14. The Hall–Kier alpha value is -2.75. The summed E-state index contributed by atoms with van der Waals surface area (Å²) >= 11 is 2.64. The number of methoxy groups -OCH3 is 1. The van der Waals surface area contributed by atoms with E-state index in [4.69, 9.17) is 14.5 Å². The van der Waals surface area contributed by atoms with Gasteiger partial charge in [-0.15, -0.1) is 11.3 Å². The largest absolute Gasteiger partial charge is 0.497 e. The monoisotopic (exact) mass is 467 g/mol. The predicted molar refractivity (Wildman–Crippen MR) is 126 cm³/mol. The minimum Gasteiger partial charge on any atom is -0.497 e. The van der Waals surface area contributed by atoms with Gasteiger partial charge in [-0.1, -0.05) is 11.8 Å². The van der Waals surface area contributed by atoms with E-state index in [0.717, 1.165) is 23.1 Å². The van der Waals surface area contributed by atoms with Crippen LogP contribution in [0.15, 0.2) is 52.5 Å².